The molecule has 0 radical (unpaired) electrons. The van der Waals surface area contributed by atoms with Crippen molar-refractivity contribution in [2.45, 2.75) is 50.6 Å². The lowest BCUT2D eigenvalue weighted by molar-refractivity contribution is 0.0515. The maximum Gasteiger partial charge on any atom is 0.0642 e. The molecular weight excluding hydrogens is 371 g/mol. The van der Waals surface area contributed by atoms with Gasteiger partial charge in [0.1, 0.15) is 0 Å². The Morgan fingerprint density at radius 2 is 1.59 bits per heavy atom. The third kappa shape index (κ3) is 4.19. The maximum atomic E-state index is 6.75. The zero-order valence-corrected chi connectivity index (χ0v) is 18.1. The van der Waals surface area contributed by atoms with Crippen LogP contribution in [0.15, 0.2) is 42.1 Å². The molecule has 27 heavy (non-hydrogen) atoms. The molecule has 1 aliphatic carbocycles. The van der Waals surface area contributed by atoms with Crippen molar-refractivity contribution in [2.75, 3.05) is 39.4 Å². The van der Waals surface area contributed by atoms with Gasteiger partial charge >= 0.3 is 0 Å². The van der Waals surface area contributed by atoms with Crippen LogP contribution in [-0.4, -0.2) is 54.6 Å². The molecule has 5 heteroatoms. The van der Waals surface area contributed by atoms with Gasteiger partial charge in [-0.15, -0.1) is 0 Å². The van der Waals surface area contributed by atoms with Gasteiger partial charge in [-0.1, -0.05) is 61.1 Å². The van der Waals surface area contributed by atoms with Crippen LogP contribution in [0.5, 0.6) is 0 Å². The van der Waals surface area contributed by atoms with Crippen LogP contribution in [0.4, 0.5) is 0 Å². The molecule has 3 aliphatic rings. The summed E-state index contributed by atoms with van der Waals surface area (Å²) in [5.74, 6) is 0. The molecule has 0 amide bonds. The largest absolute Gasteiger partial charge is 0.378 e. The van der Waals surface area contributed by atoms with E-state index in [0.29, 0.717) is 5.66 Å². The van der Waals surface area contributed by atoms with Crippen LogP contribution in [0.25, 0.3) is 0 Å². The number of benzene rings is 1. The summed E-state index contributed by atoms with van der Waals surface area (Å²) < 4.78 is 8.39. The molecule has 3 nitrogen and oxygen atoms in total. The van der Waals surface area contributed by atoms with Crippen LogP contribution in [0.3, 0.4) is 0 Å². The number of ether oxygens (including phenoxy) is 1. The Morgan fingerprint density at radius 1 is 0.889 bits per heavy atom. The first kappa shape index (κ1) is 19.6. The van der Waals surface area contributed by atoms with Gasteiger partial charge in [-0.3, -0.25) is 4.67 Å². The van der Waals surface area contributed by atoms with Gasteiger partial charge in [-0.25, -0.2) is 0 Å². The number of allylic oxidation sites excluding steroid dienone is 2. The van der Waals surface area contributed by atoms with Gasteiger partial charge < -0.3 is 9.64 Å². The van der Waals surface area contributed by atoms with E-state index in [0.717, 1.165) is 26.3 Å². The van der Waals surface area contributed by atoms with Crippen molar-refractivity contribution in [3.8, 4) is 0 Å². The molecule has 1 aromatic rings. The van der Waals surface area contributed by atoms with Gasteiger partial charge in [0, 0.05) is 37.5 Å². The normalized spacial score (nSPS) is 27.5. The highest BCUT2D eigenvalue weighted by atomic mass is 32.4. The van der Waals surface area contributed by atoms with E-state index in [9.17, 15) is 0 Å². The molecule has 1 aromatic carbocycles. The maximum absolute atomic E-state index is 6.75. The standard InChI is InChI=1S/C22H33N2OPS/c27-26(20-10-4-3-5-11-20,24-14-8-1-2-9-15-24)22-13-7-6-12-21(22)23-16-18-25-19-17-23/h3-5,10-12,22H,1-2,6-9,13-19H2. The van der Waals surface area contributed by atoms with Crippen LogP contribution < -0.4 is 5.30 Å². The van der Waals surface area contributed by atoms with Gasteiger partial charge in [-0.2, -0.15) is 0 Å². The van der Waals surface area contributed by atoms with E-state index in [2.05, 4.69) is 46.0 Å². The molecule has 2 unspecified atom stereocenters. The Balaban J connectivity index is 1.73. The minimum absolute atomic E-state index is 0.500. The van der Waals surface area contributed by atoms with E-state index < -0.39 is 6.19 Å². The van der Waals surface area contributed by atoms with Gasteiger partial charge in [0.2, 0.25) is 0 Å². The summed E-state index contributed by atoms with van der Waals surface area (Å²) in [6, 6.07) is 11.1. The topological polar surface area (TPSA) is 15.7 Å². The molecule has 2 fully saturated rings. The third-order valence-electron chi connectivity index (χ3n) is 6.30. The Morgan fingerprint density at radius 3 is 2.30 bits per heavy atom. The fourth-order valence-corrected chi connectivity index (χ4v) is 10.1. The molecule has 2 saturated heterocycles. The molecule has 0 spiro atoms. The molecule has 148 valence electrons. The second-order valence-electron chi connectivity index (χ2n) is 8.00. The summed E-state index contributed by atoms with van der Waals surface area (Å²) in [6.45, 7) is 6.10. The lowest BCUT2D eigenvalue weighted by Gasteiger charge is -2.46. The van der Waals surface area contributed by atoms with Crippen molar-refractivity contribution in [3.05, 3.63) is 42.1 Å². The highest BCUT2D eigenvalue weighted by Crippen LogP contribution is 2.59. The lowest BCUT2D eigenvalue weighted by Crippen LogP contribution is -2.43. The lowest BCUT2D eigenvalue weighted by atomic mass is 10.0. The predicted molar refractivity (Wildman–Crippen MR) is 119 cm³/mol. The number of morpholine rings is 1. The predicted octanol–water partition coefficient (Wildman–Crippen LogP) is 4.35. The van der Waals surface area contributed by atoms with Crippen LogP contribution in [-0.2, 0) is 16.5 Å². The summed E-state index contributed by atoms with van der Waals surface area (Å²) in [5.41, 5.74) is 2.04. The van der Waals surface area contributed by atoms with Crippen LogP contribution >= 0.6 is 6.19 Å². The summed E-state index contributed by atoms with van der Waals surface area (Å²) >= 11 is 6.75. The van der Waals surface area contributed by atoms with Gasteiger partial charge in [0.25, 0.3) is 0 Å². The molecule has 2 aliphatic heterocycles. The smallest absolute Gasteiger partial charge is 0.0642 e. The zero-order chi connectivity index (χ0) is 18.5. The molecule has 0 aromatic heterocycles. The van der Waals surface area contributed by atoms with Crippen molar-refractivity contribution in [1.29, 1.82) is 0 Å². The van der Waals surface area contributed by atoms with Crippen molar-refractivity contribution in [2.24, 2.45) is 0 Å². The SMILES string of the molecule is S=P(c1ccccc1)(C1CCCC=C1N1CCOCC1)N1CCCCCC1. The van der Waals surface area contributed by atoms with E-state index >= 15 is 0 Å². The van der Waals surface area contributed by atoms with Gasteiger partial charge in [0.05, 0.1) is 19.4 Å². The molecular formula is C22H33N2OPS. The molecule has 0 saturated carbocycles. The minimum atomic E-state index is -1.86. The third-order valence-corrected chi connectivity index (χ3v) is 12.0. The monoisotopic (exact) mass is 404 g/mol. The van der Waals surface area contributed by atoms with E-state index in [1.165, 1.54) is 63.3 Å². The number of rotatable bonds is 4. The van der Waals surface area contributed by atoms with Crippen molar-refractivity contribution in [1.82, 2.24) is 9.57 Å². The molecule has 2 atom stereocenters. The summed E-state index contributed by atoms with van der Waals surface area (Å²) in [6.07, 6.45) is 9.69. The average molecular weight is 405 g/mol. The molecule has 0 N–H and O–H groups in total. The number of nitrogens with zero attached hydrogens (tertiary/aromatic N) is 2. The molecule has 4 rings (SSSR count). The summed E-state index contributed by atoms with van der Waals surface area (Å²) in [5, 5.41) is 1.42. The van der Waals surface area contributed by atoms with Gasteiger partial charge in [-0.05, 0) is 37.4 Å². The Kier molecular flexibility index (Phi) is 6.70. The average Bonchev–Trinajstić information content (AvgIpc) is 3.04. The van der Waals surface area contributed by atoms with Crippen LogP contribution in [0.2, 0.25) is 0 Å². The number of hydrogen-bond donors (Lipinski definition) is 0. The fourth-order valence-electron chi connectivity index (χ4n) is 4.89. The van der Waals surface area contributed by atoms with E-state index in [1.54, 1.807) is 5.70 Å². The Hall–Kier alpha value is -0.670. The number of hydrogen-bond acceptors (Lipinski definition) is 3. The van der Waals surface area contributed by atoms with E-state index in [-0.39, 0.29) is 0 Å². The van der Waals surface area contributed by atoms with Crippen molar-refractivity contribution in [3.63, 3.8) is 0 Å². The van der Waals surface area contributed by atoms with Crippen LogP contribution in [0, 0.1) is 0 Å². The van der Waals surface area contributed by atoms with Crippen molar-refractivity contribution < 1.29 is 4.74 Å². The quantitative estimate of drug-likeness (QED) is 0.693. The fraction of sp³-hybridized carbons (Fsp3) is 0.636. The van der Waals surface area contributed by atoms with Crippen molar-refractivity contribution >= 4 is 23.3 Å². The first-order valence-electron chi connectivity index (χ1n) is 10.7. The minimum Gasteiger partial charge on any atom is -0.378 e. The van der Waals surface area contributed by atoms with E-state index in [1.807, 2.05) is 0 Å². The Bertz CT molecular complexity index is 679. The van der Waals surface area contributed by atoms with Crippen LogP contribution in [0.1, 0.15) is 44.9 Å². The second kappa shape index (κ2) is 9.22. The van der Waals surface area contributed by atoms with Gasteiger partial charge in [0.15, 0.2) is 0 Å². The highest BCUT2D eigenvalue weighted by Gasteiger charge is 2.40. The zero-order valence-electron chi connectivity index (χ0n) is 16.4. The first-order chi connectivity index (χ1) is 13.3. The molecule has 0 bridgehead atoms. The van der Waals surface area contributed by atoms with E-state index in [4.69, 9.17) is 16.5 Å². The Labute approximate surface area is 169 Å². The molecule has 2 heterocycles. The highest BCUT2D eigenvalue weighted by molar-refractivity contribution is 8.17. The summed E-state index contributed by atoms with van der Waals surface area (Å²) in [7, 11) is 0. The first-order valence-corrected chi connectivity index (χ1v) is 13.6. The second-order valence-corrected chi connectivity index (χ2v) is 12.6. The summed E-state index contributed by atoms with van der Waals surface area (Å²) in [4.78, 5) is 2.59.